The minimum atomic E-state index is 0.0584. The van der Waals surface area contributed by atoms with E-state index in [4.69, 9.17) is 4.74 Å². The Morgan fingerprint density at radius 3 is 2.73 bits per heavy atom. The summed E-state index contributed by atoms with van der Waals surface area (Å²) in [6, 6.07) is 18.7. The van der Waals surface area contributed by atoms with Gasteiger partial charge in [-0.1, -0.05) is 48.5 Å². The lowest BCUT2D eigenvalue weighted by atomic mass is 10.1. The third-order valence-corrected chi connectivity index (χ3v) is 4.97. The lowest BCUT2D eigenvalue weighted by Crippen LogP contribution is -2.32. The number of nitrogens with zero attached hydrogens (tertiary/aromatic N) is 1. The quantitative estimate of drug-likeness (QED) is 0.741. The Morgan fingerprint density at radius 2 is 1.92 bits per heavy atom. The molecule has 1 aliphatic rings. The van der Waals surface area contributed by atoms with Crippen molar-refractivity contribution in [3.05, 3.63) is 71.9 Å². The summed E-state index contributed by atoms with van der Waals surface area (Å²) < 4.78 is 7.80. The van der Waals surface area contributed by atoms with Crippen LogP contribution in [0.25, 0.3) is 10.9 Å². The van der Waals surface area contributed by atoms with Gasteiger partial charge in [-0.2, -0.15) is 0 Å². The van der Waals surface area contributed by atoms with E-state index in [1.807, 2.05) is 18.2 Å². The van der Waals surface area contributed by atoms with Gasteiger partial charge in [-0.15, -0.1) is 0 Å². The van der Waals surface area contributed by atoms with E-state index < -0.39 is 0 Å². The third-order valence-electron chi connectivity index (χ3n) is 4.97. The first kappa shape index (κ1) is 16.9. The fourth-order valence-electron chi connectivity index (χ4n) is 3.64. The summed E-state index contributed by atoms with van der Waals surface area (Å²) in [6.07, 6.45) is 4.82. The first-order valence-electron chi connectivity index (χ1n) is 9.28. The first-order valence-corrected chi connectivity index (χ1v) is 9.28. The molecule has 1 atom stereocenters. The van der Waals surface area contributed by atoms with Gasteiger partial charge in [0.15, 0.2) is 0 Å². The molecule has 1 N–H and O–H groups in total. The molecule has 3 aromatic rings. The molecule has 1 fully saturated rings. The number of hydrogen-bond donors (Lipinski definition) is 1. The van der Waals surface area contributed by atoms with Crippen LogP contribution in [0, 0.1) is 0 Å². The van der Waals surface area contributed by atoms with Crippen molar-refractivity contribution in [1.82, 2.24) is 9.88 Å². The number of amides is 1. The number of nitrogens with one attached hydrogen (secondary N) is 1. The Morgan fingerprint density at radius 1 is 1.12 bits per heavy atom. The van der Waals surface area contributed by atoms with Gasteiger partial charge in [-0.3, -0.25) is 4.79 Å². The second-order valence-corrected chi connectivity index (χ2v) is 6.90. The van der Waals surface area contributed by atoms with Crippen LogP contribution in [0.1, 0.15) is 24.0 Å². The van der Waals surface area contributed by atoms with Crippen molar-refractivity contribution in [3.63, 3.8) is 0 Å². The van der Waals surface area contributed by atoms with Crippen molar-refractivity contribution >= 4 is 16.8 Å². The van der Waals surface area contributed by atoms with Crippen LogP contribution in [0.5, 0.6) is 0 Å². The lowest BCUT2D eigenvalue weighted by molar-refractivity contribution is -0.120. The normalized spacial score (nSPS) is 16.8. The molecule has 4 rings (SSSR count). The number of hydrogen-bond acceptors (Lipinski definition) is 2. The lowest BCUT2D eigenvalue weighted by Gasteiger charge is -2.10. The van der Waals surface area contributed by atoms with Gasteiger partial charge < -0.3 is 14.6 Å². The largest absolute Gasteiger partial charge is 0.376 e. The Kier molecular flexibility index (Phi) is 5.02. The molecule has 1 amide bonds. The highest BCUT2D eigenvalue weighted by Crippen LogP contribution is 2.23. The zero-order valence-electron chi connectivity index (χ0n) is 14.9. The van der Waals surface area contributed by atoms with Crippen LogP contribution in [0.4, 0.5) is 0 Å². The number of ether oxygens (including phenoxy) is 1. The molecule has 1 aromatic heterocycles. The second kappa shape index (κ2) is 7.75. The zero-order chi connectivity index (χ0) is 17.8. The van der Waals surface area contributed by atoms with E-state index in [9.17, 15) is 4.79 Å². The van der Waals surface area contributed by atoms with Gasteiger partial charge in [0.25, 0.3) is 0 Å². The van der Waals surface area contributed by atoms with Crippen LogP contribution in [-0.2, 0) is 22.5 Å². The summed E-state index contributed by atoms with van der Waals surface area (Å²) in [5, 5.41) is 4.17. The molecule has 134 valence electrons. The maximum Gasteiger partial charge on any atom is 0.224 e. The van der Waals surface area contributed by atoms with Crippen molar-refractivity contribution in [2.75, 3.05) is 13.2 Å². The molecule has 0 radical (unpaired) electrons. The molecular weight excluding hydrogens is 324 g/mol. The topological polar surface area (TPSA) is 43.3 Å². The van der Waals surface area contributed by atoms with E-state index in [1.165, 1.54) is 11.1 Å². The second-order valence-electron chi connectivity index (χ2n) is 6.90. The third kappa shape index (κ3) is 3.81. The summed E-state index contributed by atoms with van der Waals surface area (Å²) in [4.78, 5) is 12.4. The van der Waals surface area contributed by atoms with E-state index in [0.717, 1.165) is 36.9 Å². The highest BCUT2D eigenvalue weighted by Gasteiger charge is 2.17. The SMILES string of the molecule is O=C(Cc1cn(Cc2ccccc2)c2ccccc12)NC[C@@H]1CCCO1. The van der Waals surface area contributed by atoms with Gasteiger partial charge in [0.2, 0.25) is 5.91 Å². The monoisotopic (exact) mass is 348 g/mol. The summed E-state index contributed by atoms with van der Waals surface area (Å²) in [5.41, 5.74) is 3.49. The zero-order valence-corrected chi connectivity index (χ0v) is 14.9. The predicted molar refractivity (Wildman–Crippen MR) is 103 cm³/mol. The minimum Gasteiger partial charge on any atom is -0.376 e. The molecule has 4 nitrogen and oxygen atoms in total. The highest BCUT2D eigenvalue weighted by atomic mass is 16.5. The summed E-state index contributed by atoms with van der Waals surface area (Å²) >= 11 is 0. The molecule has 0 bridgehead atoms. The molecule has 0 aliphatic carbocycles. The molecule has 26 heavy (non-hydrogen) atoms. The summed E-state index contributed by atoms with van der Waals surface area (Å²) in [5.74, 6) is 0.0584. The van der Waals surface area contributed by atoms with Crippen LogP contribution in [0.15, 0.2) is 60.8 Å². The van der Waals surface area contributed by atoms with Crippen LogP contribution in [-0.4, -0.2) is 29.7 Å². The van der Waals surface area contributed by atoms with Gasteiger partial charge in [0.1, 0.15) is 0 Å². The Bertz CT molecular complexity index is 880. The minimum absolute atomic E-state index is 0.0584. The fourth-order valence-corrected chi connectivity index (χ4v) is 3.64. The molecule has 2 aromatic carbocycles. The predicted octanol–water partition coefficient (Wildman–Crippen LogP) is 3.53. The van der Waals surface area contributed by atoms with E-state index in [1.54, 1.807) is 0 Å². The van der Waals surface area contributed by atoms with E-state index in [0.29, 0.717) is 13.0 Å². The van der Waals surface area contributed by atoms with Gasteiger partial charge in [-0.05, 0) is 30.0 Å². The fraction of sp³-hybridized carbons (Fsp3) is 0.318. The van der Waals surface area contributed by atoms with Crippen molar-refractivity contribution in [2.24, 2.45) is 0 Å². The molecule has 0 unspecified atom stereocenters. The van der Waals surface area contributed by atoms with Gasteiger partial charge >= 0.3 is 0 Å². The maximum atomic E-state index is 12.4. The number of carbonyl (C=O) groups is 1. The average Bonchev–Trinajstić information content (AvgIpc) is 3.30. The Labute approximate surface area is 153 Å². The number of aromatic nitrogens is 1. The van der Waals surface area contributed by atoms with Crippen molar-refractivity contribution in [3.8, 4) is 0 Å². The number of rotatable bonds is 6. The standard InChI is InChI=1S/C22H24N2O2/c25-22(23-14-19-9-6-12-26-19)13-18-16-24(15-17-7-2-1-3-8-17)21-11-5-4-10-20(18)21/h1-5,7-8,10-11,16,19H,6,9,12-15H2,(H,23,25)/t19-/m0/s1. The molecular formula is C22H24N2O2. The van der Waals surface area contributed by atoms with Gasteiger partial charge in [-0.25, -0.2) is 0 Å². The van der Waals surface area contributed by atoms with Crippen LogP contribution in [0.2, 0.25) is 0 Å². The molecule has 4 heteroatoms. The number of para-hydroxylation sites is 1. The molecule has 2 heterocycles. The van der Waals surface area contributed by atoms with E-state index in [2.05, 4.69) is 52.5 Å². The van der Waals surface area contributed by atoms with Gasteiger partial charge in [0.05, 0.1) is 12.5 Å². The van der Waals surface area contributed by atoms with E-state index >= 15 is 0 Å². The molecule has 1 aliphatic heterocycles. The van der Waals surface area contributed by atoms with Crippen LogP contribution < -0.4 is 5.32 Å². The average molecular weight is 348 g/mol. The van der Waals surface area contributed by atoms with Crippen LogP contribution in [0.3, 0.4) is 0 Å². The Balaban J connectivity index is 1.50. The maximum absolute atomic E-state index is 12.4. The molecule has 1 saturated heterocycles. The highest BCUT2D eigenvalue weighted by molar-refractivity contribution is 5.89. The number of carbonyl (C=O) groups excluding carboxylic acids is 1. The van der Waals surface area contributed by atoms with Crippen molar-refractivity contribution < 1.29 is 9.53 Å². The summed E-state index contributed by atoms with van der Waals surface area (Å²) in [6.45, 7) is 2.23. The number of fused-ring (bicyclic) bond motifs is 1. The number of benzene rings is 2. The van der Waals surface area contributed by atoms with E-state index in [-0.39, 0.29) is 12.0 Å². The van der Waals surface area contributed by atoms with Gasteiger partial charge in [0, 0.05) is 36.8 Å². The summed E-state index contributed by atoms with van der Waals surface area (Å²) in [7, 11) is 0. The Hall–Kier alpha value is -2.59. The van der Waals surface area contributed by atoms with Crippen LogP contribution >= 0.6 is 0 Å². The first-order chi connectivity index (χ1) is 12.8. The smallest absolute Gasteiger partial charge is 0.224 e. The molecule has 0 spiro atoms. The molecule has 0 saturated carbocycles. The van der Waals surface area contributed by atoms with Crippen molar-refractivity contribution in [2.45, 2.75) is 31.9 Å². The van der Waals surface area contributed by atoms with Crippen molar-refractivity contribution in [1.29, 1.82) is 0 Å².